The molecule has 1 atom stereocenters. The molecule has 0 amide bonds. The van der Waals surface area contributed by atoms with E-state index in [0.29, 0.717) is 6.04 Å². The fourth-order valence-corrected chi connectivity index (χ4v) is 3.09. The number of halogens is 1. The van der Waals surface area contributed by atoms with Crippen molar-refractivity contribution in [1.29, 1.82) is 0 Å². The van der Waals surface area contributed by atoms with Crippen LogP contribution in [0.5, 0.6) is 0 Å². The van der Waals surface area contributed by atoms with E-state index in [4.69, 9.17) is 11.6 Å². The van der Waals surface area contributed by atoms with Gasteiger partial charge in [-0.3, -0.25) is 0 Å². The van der Waals surface area contributed by atoms with E-state index in [-0.39, 0.29) is 0 Å². The van der Waals surface area contributed by atoms with Crippen molar-refractivity contribution in [3.05, 3.63) is 21.3 Å². The number of thiophene rings is 1. The molecule has 1 unspecified atom stereocenters. The number of hydrogen-bond donors (Lipinski definition) is 1. The second-order valence-electron chi connectivity index (χ2n) is 4.27. The van der Waals surface area contributed by atoms with E-state index in [1.54, 1.807) is 11.3 Å². The lowest BCUT2D eigenvalue weighted by atomic mass is 10.1. The molecule has 1 aromatic rings. The van der Waals surface area contributed by atoms with Crippen LogP contribution in [0.15, 0.2) is 12.1 Å². The lowest BCUT2D eigenvalue weighted by molar-refractivity contribution is 0.488. The second kappa shape index (κ2) is 5.33. The lowest BCUT2D eigenvalue weighted by Gasteiger charge is -2.15. The lowest BCUT2D eigenvalue weighted by Crippen LogP contribution is -2.20. The minimum atomic E-state index is 0.521. The van der Waals surface area contributed by atoms with Gasteiger partial charge in [-0.05, 0) is 37.4 Å². The molecule has 1 aliphatic rings. The predicted octanol–water partition coefficient (Wildman–Crippen LogP) is 4.24. The highest BCUT2D eigenvalue weighted by Crippen LogP contribution is 2.37. The van der Waals surface area contributed by atoms with E-state index in [0.717, 1.165) is 16.8 Å². The van der Waals surface area contributed by atoms with Crippen LogP contribution in [0.1, 0.15) is 43.5 Å². The van der Waals surface area contributed by atoms with Crippen LogP contribution < -0.4 is 5.32 Å². The van der Waals surface area contributed by atoms with Gasteiger partial charge in [0.25, 0.3) is 0 Å². The van der Waals surface area contributed by atoms with Gasteiger partial charge in [-0.15, -0.1) is 11.3 Å². The zero-order valence-corrected chi connectivity index (χ0v) is 10.7. The highest BCUT2D eigenvalue weighted by molar-refractivity contribution is 7.16. The predicted molar refractivity (Wildman–Crippen MR) is 67.7 cm³/mol. The van der Waals surface area contributed by atoms with E-state index < -0.39 is 0 Å². The maximum Gasteiger partial charge on any atom is 0.0931 e. The van der Waals surface area contributed by atoms with Crippen molar-refractivity contribution >= 4 is 22.9 Å². The summed E-state index contributed by atoms with van der Waals surface area (Å²) in [6.07, 6.45) is 5.52. The molecule has 1 N–H and O–H groups in total. The monoisotopic (exact) mass is 243 g/mol. The second-order valence-corrected chi connectivity index (χ2v) is 6.02. The van der Waals surface area contributed by atoms with E-state index >= 15 is 0 Å². The topological polar surface area (TPSA) is 12.0 Å². The molecule has 1 aromatic heterocycles. The van der Waals surface area contributed by atoms with Gasteiger partial charge in [-0.2, -0.15) is 0 Å². The Morgan fingerprint density at radius 1 is 1.53 bits per heavy atom. The third-order valence-corrected chi connectivity index (χ3v) is 4.29. The van der Waals surface area contributed by atoms with Crippen LogP contribution in [0.3, 0.4) is 0 Å². The summed E-state index contributed by atoms with van der Waals surface area (Å²) >= 11 is 7.68. The highest BCUT2D eigenvalue weighted by Gasteiger charge is 2.23. The van der Waals surface area contributed by atoms with Crippen molar-refractivity contribution in [2.24, 2.45) is 5.92 Å². The van der Waals surface area contributed by atoms with Crippen molar-refractivity contribution in [1.82, 2.24) is 5.32 Å². The maximum absolute atomic E-state index is 5.97. The zero-order valence-electron chi connectivity index (χ0n) is 9.13. The molecule has 1 aliphatic carbocycles. The zero-order chi connectivity index (χ0) is 10.7. The third-order valence-electron chi connectivity index (χ3n) is 2.95. The van der Waals surface area contributed by atoms with E-state index in [1.165, 1.54) is 30.6 Å². The van der Waals surface area contributed by atoms with Crippen molar-refractivity contribution < 1.29 is 0 Å². The van der Waals surface area contributed by atoms with Gasteiger partial charge in [0.05, 0.1) is 4.34 Å². The van der Waals surface area contributed by atoms with Gasteiger partial charge in [0, 0.05) is 10.9 Å². The Morgan fingerprint density at radius 3 is 2.87 bits per heavy atom. The highest BCUT2D eigenvalue weighted by atomic mass is 35.5. The minimum absolute atomic E-state index is 0.521. The molecule has 15 heavy (non-hydrogen) atoms. The van der Waals surface area contributed by atoms with Crippen molar-refractivity contribution in [3.8, 4) is 0 Å². The average molecular weight is 244 g/mol. The minimum Gasteiger partial charge on any atom is -0.310 e. The van der Waals surface area contributed by atoms with Gasteiger partial charge >= 0.3 is 0 Å². The van der Waals surface area contributed by atoms with E-state index in [2.05, 4.69) is 18.3 Å². The quantitative estimate of drug-likeness (QED) is 0.788. The molecule has 0 bridgehead atoms. The van der Waals surface area contributed by atoms with Gasteiger partial charge in [0.2, 0.25) is 0 Å². The summed E-state index contributed by atoms with van der Waals surface area (Å²) in [6.45, 7) is 3.20. The molecule has 1 nitrogen and oxygen atoms in total. The van der Waals surface area contributed by atoms with Crippen molar-refractivity contribution in [2.45, 2.75) is 38.6 Å². The molecular weight excluding hydrogens is 226 g/mol. The molecular formula is C12H18ClNS. The SMILES string of the molecule is CCNC(CCC1CC1)c1ccc(Cl)s1. The van der Waals surface area contributed by atoms with Crippen LogP contribution >= 0.6 is 22.9 Å². The molecule has 84 valence electrons. The van der Waals surface area contributed by atoms with E-state index in [9.17, 15) is 0 Å². The molecule has 0 aromatic carbocycles. The average Bonchev–Trinajstić information content (AvgIpc) is 2.95. The smallest absolute Gasteiger partial charge is 0.0931 e. The summed E-state index contributed by atoms with van der Waals surface area (Å²) in [7, 11) is 0. The molecule has 0 aliphatic heterocycles. The van der Waals surface area contributed by atoms with Gasteiger partial charge in [0.1, 0.15) is 0 Å². The standard InChI is InChI=1S/C12H18ClNS/c1-2-14-10(6-5-9-3-4-9)11-7-8-12(13)15-11/h7-10,14H,2-6H2,1H3. The molecule has 0 saturated heterocycles. The van der Waals surface area contributed by atoms with Gasteiger partial charge in [-0.25, -0.2) is 0 Å². The van der Waals surface area contributed by atoms with Crippen molar-refractivity contribution in [2.75, 3.05) is 6.54 Å². The normalized spacial score (nSPS) is 18.0. The first-order chi connectivity index (χ1) is 7.29. The number of rotatable bonds is 6. The third kappa shape index (κ3) is 3.47. The van der Waals surface area contributed by atoms with E-state index in [1.807, 2.05) is 6.07 Å². The van der Waals surface area contributed by atoms with Gasteiger partial charge in [-0.1, -0.05) is 31.4 Å². The van der Waals surface area contributed by atoms with Crippen LogP contribution in [0, 0.1) is 5.92 Å². The number of nitrogens with one attached hydrogen (secondary N) is 1. The molecule has 1 fully saturated rings. The Morgan fingerprint density at radius 2 is 2.33 bits per heavy atom. The summed E-state index contributed by atoms with van der Waals surface area (Å²) < 4.78 is 0.902. The molecule has 1 saturated carbocycles. The maximum atomic E-state index is 5.97. The molecule has 1 heterocycles. The van der Waals surface area contributed by atoms with Crippen LogP contribution in [-0.4, -0.2) is 6.54 Å². The largest absolute Gasteiger partial charge is 0.310 e. The summed E-state index contributed by atoms with van der Waals surface area (Å²) in [4.78, 5) is 1.39. The molecule has 0 radical (unpaired) electrons. The van der Waals surface area contributed by atoms with Gasteiger partial charge < -0.3 is 5.32 Å². The molecule has 3 heteroatoms. The Balaban J connectivity index is 1.91. The summed E-state index contributed by atoms with van der Waals surface area (Å²) in [5, 5.41) is 3.55. The summed E-state index contributed by atoms with van der Waals surface area (Å²) in [5.41, 5.74) is 0. The van der Waals surface area contributed by atoms with Crippen LogP contribution in [0.2, 0.25) is 4.34 Å². The first kappa shape index (κ1) is 11.4. The fourth-order valence-electron chi connectivity index (χ4n) is 1.92. The fraction of sp³-hybridized carbons (Fsp3) is 0.667. The molecule has 0 spiro atoms. The summed E-state index contributed by atoms with van der Waals surface area (Å²) in [6, 6.07) is 4.68. The Hall–Kier alpha value is -0.0500. The van der Waals surface area contributed by atoms with Crippen LogP contribution in [-0.2, 0) is 0 Å². The van der Waals surface area contributed by atoms with Crippen LogP contribution in [0.4, 0.5) is 0 Å². The molecule has 2 rings (SSSR count). The van der Waals surface area contributed by atoms with Gasteiger partial charge in [0.15, 0.2) is 0 Å². The number of hydrogen-bond acceptors (Lipinski definition) is 2. The first-order valence-corrected chi connectivity index (χ1v) is 6.97. The Labute approximate surface area is 101 Å². The summed E-state index contributed by atoms with van der Waals surface area (Å²) in [5.74, 6) is 1.02. The Bertz CT molecular complexity index is 306. The Kier molecular flexibility index (Phi) is 4.06. The van der Waals surface area contributed by atoms with Crippen LogP contribution in [0.25, 0.3) is 0 Å². The van der Waals surface area contributed by atoms with Crippen molar-refractivity contribution in [3.63, 3.8) is 0 Å². The first-order valence-electron chi connectivity index (χ1n) is 5.78.